The van der Waals surface area contributed by atoms with E-state index < -0.39 is 0 Å². The minimum atomic E-state index is -0.281. The molecule has 0 unspecified atom stereocenters. The highest BCUT2D eigenvalue weighted by Crippen LogP contribution is 2.18. The first kappa shape index (κ1) is 14.3. The van der Waals surface area contributed by atoms with Crippen LogP contribution in [0.5, 0.6) is 5.75 Å². The normalized spacial score (nSPS) is 10.7. The van der Waals surface area contributed by atoms with Gasteiger partial charge in [0.2, 0.25) is 0 Å². The molecule has 0 radical (unpaired) electrons. The Balaban J connectivity index is 1.80. The zero-order valence-electron chi connectivity index (χ0n) is 11.4. The monoisotopic (exact) mass is 288 g/mol. The summed E-state index contributed by atoms with van der Waals surface area (Å²) in [6.45, 7) is 3.92. The SMILES string of the molecule is Cc1ccc(OCC(=O)NN=Cc2ccsc2)c(C)c1. The number of hydrazone groups is 1. The molecule has 1 aromatic carbocycles. The van der Waals surface area contributed by atoms with Gasteiger partial charge in [0.1, 0.15) is 5.75 Å². The largest absolute Gasteiger partial charge is 0.483 e. The van der Waals surface area contributed by atoms with Crippen LogP contribution in [-0.2, 0) is 4.79 Å². The fourth-order valence-electron chi connectivity index (χ4n) is 1.66. The summed E-state index contributed by atoms with van der Waals surface area (Å²) in [6, 6.07) is 7.76. The van der Waals surface area contributed by atoms with E-state index in [-0.39, 0.29) is 12.5 Å². The molecule has 0 aliphatic rings. The standard InChI is InChI=1S/C15H16N2O2S/c1-11-3-4-14(12(2)7-11)19-9-15(18)17-16-8-13-5-6-20-10-13/h3-8,10H,9H2,1-2H3,(H,17,18). The number of aryl methyl sites for hydroxylation is 2. The molecule has 0 saturated heterocycles. The maximum absolute atomic E-state index is 11.6. The van der Waals surface area contributed by atoms with Gasteiger partial charge in [0.15, 0.2) is 6.61 Å². The van der Waals surface area contributed by atoms with E-state index >= 15 is 0 Å². The van der Waals surface area contributed by atoms with Crippen molar-refractivity contribution in [3.8, 4) is 5.75 Å². The van der Waals surface area contributed by atoms with Gasteiger partial charge in [-0.05, 0) is 42.3 Å². The zero-order chi connectivity index (χ0) is 14.4. The van der Waals surface area contributed by atoms with Crippen LogP contribution in [0.15, 0.2) is 40.1 Å². The van der Waals surface area contributed by atoms with E-state index in [0.717, 1.165) is 11.1 Å². The van der Waals surface area contributed by atoms with Gasteiger partial charge in [-0.2, -0.15) is 16.4 Å². The predicted molar refractivity (Wildman–Crippen MR) is 81.5 cm³/mol. The Morgan fingerprint density at radius 3 is 2.95 bits per heavy atom. The van der Waals surface area contributed by atoms with Crippen LogP contribution < -0.4 is 10.2 Å². The van der Waals surface area contributed by atoms with Crippen molar-refractivity contribution < 1.29 is 9.53 Å². The Morgan fingerprint density at radius 2 is 2.25 bits per heavy atom. The highest BCUT2D eigenvalue weighted by molar-refractivity contribution is 7.08. The average Bonchev–Trinajstić information content (AvgIpc) is 2.91. The third-order valence-electron chi connectivity index (χ3n) is 2.64. The summed E-state index contributed by atoms with van der Waals surface area (Å²) in [6.07, 6.45) is 1.60. The Kier molecular flexibility index (Phi) is 4.90. The molecule has 1 heterocycles. The van der Waals surface area contributed by atoms with Gasteiger partial charge >= 0.3 is 0 Å². The van der Waals surface area contributed by atoms with Gasteiger partial charge in [0.25, 0.3) is 5.91 Å². The van der Waals surface area contributed by atoms with Gasteiger partial charge in [0, 0.05) is 5.56 Å². The number of hydrogen-bond acceptors (Lipinski definition) is 4. The van der Waals surface area contributed by atoms with Crippen molar-refractivity contribution in [2.24, 2.45) is 5.10 Å². The Hall–Kier alpha value is -2.14. The molecule has 2 rings (SSSR count). The number of thiophene rings is 1. The molecule has 20 heavy (non-hydrogen) atoms. The summed E-state index contributed by atoms with van der Waals surface area (Å²) in [7, 11) is 0. The molecule has 2 aromatic rings. The Labute approximate surface area is 122 Å². The number of rotatable bonds is 5. The molecular weight excluding hydrogens is 272 g/mol. The number of benzene rings is 1. The van der Waals surface area contributed by atoms with Gasteiger partial charge in [-0.15, -0.1) is 0 Å². The molecule has 0 fully saturated rings. The summed E-state index contributed by atoms with van der Waals surface area (Å²) in [4.78, 5) is 11.6. The number of amides is 1. The summed E-state index contributed by atoms with van der Waals surface area (Å²) in [5, 5.41) is 7.76. The van der Waals surface area contributed by atoms with Crippen molar-refractivity contribution in [3.63, 3.8) is 0 Å². The topological polar surface area (TPSA) is 50.7 Å². The Morgan fingerprint density at radius 1 is 1.40 bits per heavy atom. The molecule has 0 atom stereocenters. The van der Waals surface area contributed by atoms with Gasteiger partial charge in [0.05, 0.1) is 6.21 Å². The second kappa shape index (κ2) is 6.86. The van der Waals surface area contributed by atoms with Gasteiger partial charge in [-0.25, -0.2) is 5.43 Å². The maximum atomic E-state index is 11.6. The van der Waals surface area contributed by atoms with Crippen molar-refractivity contribution in [1.29, 1.82) is 0 Å². The smallest absolute Gasteiger partial charge is 0.277 e. The molecule has 0 saturated carbocycles. The predicted octanol–water partition coefficient (Wildman–Crippen LogP) is 2.89. The lowest BCUT2D eigenvalue weighted by molar-refractivity contribution is -0.123. The lowest BCUT2D eigenvalue weighted by Gasteiger charge is -2.08. The summed E-state index contributed by atoms with van der Waals surface area (Å²) >= 11 is 1.58. The van der Waals surface area contributed by atoms with E-state index in [1.807, 2.05) is 48.9 Å². The lowest BCUT2D eigenvalue weighted by atomic mass is 10.1. The molecule has 0 aliphatic heterocycles. The van der Waals surface area contributed by atoms with Crippen LogP contribution in [0.4, 0.5) is 0 Å². The number of ether oxygens (including phenoxy) is 1. The molecule has 0 spiro atoms. The third-order valence-corrected chi connectivity index (χ3v) is 3.34. The number of carbonyl (C=O) groups is 1. The van der Waals surface area contributed by atoms with Crippen LogP contribution in [-0.4, -0.2) is 18.7 Å². The number of nitrogens with one attached hydrogen (secondary N) is 1. The molecule has 5 heteroatoms. The number of nitrogens with zero attached hydrogens (tertiary/aromatic N) is 1. The van der Waals surface area contributed by atoms with Crippen molar-refractivity contribution in [2.45, 2.75) is 13.8 Å². The summed E-state index contributed by atoms with van der Waals surface area (Å²) < 4.78 is 5.46. The highest BCUT2D eigenvalue weighted by atomic mass is 32.1. The van der Waals surface area contributed by atoms with Crippen molar-refractivity contribution in [3.05, 3.63) is 51.7 Å². The van der Waals surface area contributed by atoms with Crippen LogP contribution in [0, 0.1) is 13.8 Å². The fourth-order valence-corrected chi connectivity index (χ4v) is 2.27. The van der Waals surface area contributed by atoms with Crippen LogP contribution in [0.2, 0.25) is 0 Å². The minimum Gasteiger partial charge on any atom is -0.483 e. The second-order valence-corrected chi connectivity index (χ2v) is 5.19. The Bertz CT molecular complexity index is 606. The quantitative estimate of drug-likeness (QED) is 0.679. The zero-order valence-corrected chi connectivity index (χ0v) is 12.2. The first-order valence-corrected chi connectivity index (χ1v) is 7.13. The first-order chi connectivity index (χ1) is 9.65. The first-order valence-electron chi connectivity index (χ1n) is 6.19. The molecule has 0 aliphatic carbocycles. The van der Waals surface area contributed by atoms with E-state index in [1.165, 1.54) is 5.56 Å². The van der Waals surface area contributed by atoms with Crippen LogP contribution >= 0.6 is 11.3 Å². The van der Waals surface area contributed by atoms with E-state index in [9.17, 15) is 4.79 Å². The van der Waals surface area contributed by atoms with Crippen molar-refractivity contribution >= 4 is 23.5 Å². The van der Waals surface area contributed by atoms with E-state index in [4.69, 9.17) is 4.74 Å². The minimum absolute atomic E-state index is 0.0507. The van der Waals surface area contributed by atoms with Crippen LogP contribution in [0.3, 0.4) is 0 Å². The molecule has 1 amide bonds. The highest BCUT2D eigenvalue weighted by Gasteiger charge is 2.03. The molecule has 0 bridgehead atoms. The van der Waals surface area contributed by atoms with Crippen molar-refractivity contribution in [1.82, 2.24) is 5.43 Å². The van der Waals surface area contributed by atoms with E-state index in [2.05, 4.69) is 10.5 Å². The van der Waals surface area contributed by atoms with Crippen LogP contribution in [0.25, 0.3) is 0 Å². The average molecular weight is 288 g/mol. The molecule has 4 nitrogen and oxygen atoms in total. The number of carbonyl (C=O) groups excluding carboxylic acids is 1. The third kappa shape index (κ3) is 4.20. The number of hydrogen-bond donors (Lipinski definition) is 1. The van der Waals surface area contributed by atoms with Gasteiger partial charge in [-0.3, -0.25) is 4.79 Å². The fraction of sp³-hybridized carbons (Fsp3) is 0.200. The van der Waals surface area contributed by atoms with Crippen molar-refractivity contribution in [2.75, 3.05) is 6.61 Å². The molecule has 104 valence electrons. The molecule has 1 N–H and O–H groups in total. The van der Waals surface area contributed by atoms with E-state index in [1.54, 1.807) is 17.6 Å². The lowest BCUT2D eigenvalue weighted by Crippen LogP contribution is -2.24. The second-order valence-electron chi connectivity index (χ2n) is 4.41. The van der Waals surface area contributed by atoms with Gasteiger partial charge in [-0.1, -0.05) is 17.7 Å². The van der Waals surface area contributed by atoms with E-state index in [0.29, 0.717) is 5.75 Å². The van der Waals surface area contributed by atoms with Gasteiger partial charge < -0.3 is 4.74 Å². The van der Waals surface area contributed by atoms with Crippen LogP contribution in [0.1, 0.15) is 16.7 Å². The summed E-state index contributed by atoms with van der Waals surface area (Å²) in [5.41, 5.74) is 5.58. The maximum Gasteiger partial charge on any atom is 0.277 e. The molecule has 1 aromatic heterocycles. The molecular formula is C15H16N2O2S. The summed E-state index contributed by atoms with van der Waals surface area (Å²) in [5.74, 6) is 0.434.